The summed E-state index contributed by atoms with van der Waals surface area (Å²) in [6.07, 6.45) is 0.560. The van der Waals surface area contributed by atoms with E-state index in [1.807, 2.05) is 20.8 Å². The standard InChI is InChI=1S/C8H16O4S/c1-8(2,3)7-12-13(10,11)6-4-5-9/h5H,4,6-7H2,1-3H3. The summed E-state index contributed by atoms with van der Waals surface area (Å²) in [5.74, 6) is -0.230. The minimum absolute atomic E-state index is 0.00746. The van der Waals surface area contributed by atoms with E-state index in [1.54, 1.807) is 0 Å². The van der Waals surface area contributed by atoms with E-state index in [0.29, 0.717) is 6.29 Å². The third kappa shape index (κ3) is 7.93. The molecule has 0 atom stereocenters. The van der Waals surface area contributed by atoms with Gasteiger partial charge in [0.05, 0.1) is 12.4 Å². The van der Waals surface area contributed by atoms with Crippen LogP contribution in [0.1, 0.15) is 27.2 Å². The van der Waals surface area contributed by atoms with Gasteiger partial charge in [0.15, 0.2) is 0 Å². The SMILES string of the molecule is CC(C)(C)COS(=O)(=O)CCC=O. The van der Waals surface area contributed by atoms with Crippen LogP contribution in [0.4, 0.5) is 0 Å². The highest BCUT2D eigenvalue weighted by molar-refractivity contribution is 7.86. The van der Waals surface area contributed by atoms with Gasteiger partial charge in [0, 0.05) is 6.42 Å². The number of rotatable bonds is 5. The van der Waals surface area contributed by atoms with Crippen molar-refractivity contribution in [3.05, 3.63) is 0 Å². The lowest BCUT2D eigenvalue weighted by atomic mass is 9.99. The number of hydrogen-bond donors (Lipinski definition) is 0. The molecule has 13 heavy (non-hydrogen) atoms. The number of aldehydes is 1. The van der Waals surface area contributed by atoms with Gasteiger partial charge < -0.3 is 4.79 Å². The molecule has 4 nitrogen and oxygen atoms in total. The Morgan fingerprint density at radius 1 is 1.31 bits per heavy atom. The van der Waals surface area contributed by atoms with Crippen molar-refractivity contribution in [2.24, 2.45) is 5.41 Å². The molecule has 0 aromatic heterocycles. The zero-order valence-corrected chi connectivity index (χ0v) is 9.06. The van der Waals surface area contributed by atoms with E-state index in [-0.39, 0.29) is 24.2 Å². The molecule has 5 heteroatoms. The highest BCUT2D eigenvalue weighted by Gasteiger charge is 2.17. The van der Waals surface area contributed by atoms with E-state index >= 15 is 0 Å². The highest BCUT2D eigenvalue weighted by atomic mass is 32.2. The molecule has 0 aromatic rings. The van der Waals surface area contributed by atoms with E-state index in [2.05, 4.69) is 0 Å². The summed E-state index contributed by atoms with van der Waals surface area (Å²) in [6.45, 7) is 5.78. The zero-order chi connectivity index (χ0) is 10.5. The van der Waals surface area contributed by atoms with Crippen LogP contribution in [0, 0.1) is 5.41 Å². The van der Waals surface area contributed by atoms with Crippen molar-refractivity contribution in [3.8, 4) is 0 Å². The van der Waals surface area contributed by atoms with Gasteiger partial charge in [0.1, 0.15) is 6.29 Å². The maximum absolute atomic E-state index is 11.1. The van der Waals surface area contributed by atoms with E-state index in [0.717, 1.165) is 0 Å². The third-order valence-electron chi connectivity index (χ3n) is 1.16. The number of carbonyl (C=O) groups excluding carboxylic acids is 1. The minimum atomic E-state index is -3.51. The molecule has 0 aliphatic rings. The average Bonchev–Trinajstić information content (AvgIpc) is 1.97. The maximum atomic E-state index is 11.1. The van der Waals surface area contributed by atoms with Crippen molar-refractivity contribution < 1.29 is 17.4 Å². The first-order valence-electron chi connectivity index (χ1n) is 4.07. The molecule has 0 aliphatic heterocycles. The van der Waals surface area contributed by atoms with Crippen molar-refractivity contribution >= 4 is 16.4 Å². The van der Waals surface area contributed by atoms with Gasteiger partial charge in [-0.2, -0.15) is 8.42 Å². The minimum Gasteiger partial charge on any atom is -0.303 e. The molecule has 0 spiro atoms. The van der Waals surface area contributed by atoms with Crippen molar-refractivity contribution in [2.45, 2.75) is 27.2 Å². The topological polar surface area (TPSA) is 60.4 Å². The van der Waals surface area contributed by atoms with Crippen LogP contribution >= 0.6 is 0 Å². The normalized spacial score (nSPS) is 12.8. The second kappa shape index (κ2) is 4.72. The lowest BCUT2D eigenvalue weighted by Crippen LogP contribution is -2.20. The fraction of sp³-hybridized carbons (Fsp3) is 0.875. The number of hydrogen-bond acceptors (Lipinski definition) is 4. The molecule has 0 rings (SSSR count). The van der Waals surface area contributed by atoms with Crippen molar-refractivity contribution in [1.82, 2.24) is 0 Å². The second-order valence-electron chi connectivity index (χ2n) is 4.04. The first-order valence-corrected chi connectivity index (χ1v) is 5.65. The van der Waals surface area contributed by atoms with Crippen LogP contribution in [0.5, 0.6) is 0 Å². The molecule has 78 valence electrons. The van der Waals surface area contributed by atoms with E-state index in [9.17, 15) is 13.2 Å². The molecule has 0 fully saturated rings. The summed E-state index contributed by atoms with van der Waals surface area (Å²) in [5.41, 5.74) is -0.186. The predicted octanol–water partition coefficient (Wildman–Crippen LogP) is 0.968. The molecule has 0 aliphatic carbocycles. The first kappa shape index (κ1) is 12.6. The smallest absolute Gasteiger partial charge is 0.267 e. The van der Waals surface area contributed by atoms with Gasteiger partial charge in [0.25, 0.3) is 10.1 Å². The molecule has 0 bridgehead atoms. The Hall–Kier alpha value is -0.420. The third-order valence-corrected chi connectivity index (χ3v) is 2.37. The van der Waals surface area contributed by atoms with Crippen LogP contribution in [0.25, 0.3) is 0 Å². The monoisotopic (exact) mass is 208 g/mol. The summed E-state index contributed by atoms with van der Waals surface area (Å²) >= 11 is 0. The summed E-state index contributed by atoms with van der Waals surface area (Å²) in [4.78, 5) is 9.93. The molecule has 0 N–H and O–H groups in total. The number of carbonyl (C=O) groups is 1. The van der Waals surface area contributed by atoms with Crippen molar-refractivity contribution in [2.75, 3.05) is 12.4 Å². The molecule has 0 aromatic carbocycles. The van der Waals surface area contributed by atoms with Crippen LogP contribution in [0.15, 0.2) is 0 Å². The maximum Gasteiger partial charge on any atom is 0.267 e. The Kier molecular flexibility index (Phi) is 4.56. The molecule has 0 saturated carbocycles. The Morgan fingerprint density at radius 3 is 2.23 bits per heavy atom. The van der Waals surface area contributed by atoms with Gasteiger partial charge in [-0.05, 0) is 5.41 Å². The Morgan fingerprint density at radius 2 is 1.85 bits per heavy atom. The van der Waals surface area contributed by atoms with E-state index < -0.39 is 10.1 Å². The van der Waals surface area contributed by atoms with Crippen molar-refractivity contribution in [1.29, 1.82) is 0 Å². The van der Waals surface area contributed by atoms with Crippen LogP contribution < -0.4 is 0 Å². The van der Waals surface area contributed by atoms with Crippen LogP contribution in [0.2, 0.25) is 0 Å². The predicted molar refractivity (Wildman–Crippen MR) is 49.9 cm³/mol. The van der Waals surface area contributed by atoms with Crippen molar-refractivity contribution in [3.63, 3.8) is 0 Å². The fourth-order valence-electron chi connectivity index (χ4n) is 0.518. The average molecular weight is 208 g/mol. The molecule has 0 heterocycles. The largest absolute Gasteiger partial charge is 0.303 e. The van der Waals surface area contributed by atoms with Gasteiger partial charge in [-0.3, -0.25) is 4.18 Å². The molecule has 0 radical (unpaired) electrons. The lowest BCUT2D eigenvalue weighted by molar-refractivity contribution is -0.107. The van der Waals surface area contributed by atoms with Gasteiger partial charge in [-0.1, -0.05) is 20.8 Å². The lowest BCUT2D eigenvalue weighted by Gasteiger charge is -2.17. The summed E-state index contributed by atoms with van der Waals surface area (Å²) in [7, 11) is -3.51. The Labute approximate surface area is 79.4 Å². The first-order chi connectivity index (χ1) is 5.77. The van der Waals surface area contributed by atoms with Gasteiger partial charge >= 0.3 is 0 Å². The summed E-state index contributed by atoms with van der Waals surface area (Å²) < 4.78 is 26.8. The summed E-state index contributed by atoms with van der Waals surface area (Å²) in [5, 5.41) is 0. The molecule has 0 saturated heterocycles. The Balaban J connectivity index is 3.97. The molecule has 0 amide bonds. The molecular formula is C8H16O4S. The van der Waals surface area contributed by atoms with Gasteiger partial charge in [-0.25, -0.2) is 0 Å². The summed E-state index contributed by atoms with van der Waals surface area (Å²) in [6, 6.07) is 0. The quantitative estimate of drug-likeness (QED) is 0.499. The Bertz CT molecular complexity index is 248. The van der Waals surface area contributed by atoms with Gasteiger partial charge in [0.2, 0.25) is 0 Å². The molecular weight excluding hydrogens is 192 g/mol. The van der Waals surface area contributed by atoms with Crippen LogP contribution in [-0.2, 0) is 19.1 Å². The van der Waals surface area contributed by atoms with E-state index in [1.165, 1.54) is 0 Å². The van der Waals surface area contributed by atoms with Crippen LogP contribution in [-0.4, -0.2) is 27.1 Å². The molecule has 0 unspecified atom stereocenters. The van der Waals surface area contributed by atoms with E-state index in [4.69, 9.17) is 4.18 Å². The van der Waals surface area contributed by atoms with Crippen LogP contribution in [0.3, 0.4) is 0 Å². The highest BCUT2D eigenvalue weighted by Crippen LogP contribution is 2.14. The van der Waals surface area contributed by atoms with Gasteiger partial charge in [-0.15, -0.1) is 0 Å². The zero-order valence-electron chi connectivity index (χ0n) is 8.24. The second-order valence-corrected chi connectivity index (χ2v) is 5.80. The fourth-order valence-corrected chi connectivity index (χ4v) is 1.55.